The van der Waals surface area contributed by atoms with Crippen molar-refractivity contribution in [3.63, 3.8) is 0 Å². The summed E-state index contributed by atoms with van der Waals surface area (Å²) in [6.07, 6.45) is 4.12. The van der Waals surface area contributed by atoms with Crippen molar-refractivity contribution in [2.75, 3.05) is 0 Å². The van der Waals surface area contributed by atoms with Crippen molar-refractivity contribution in [3.05, 3.63) is 64.5 Å². The van der Waals surface area contributed by atoms with Crippen molar-refractivity contribution in [2.24, 2.45) is 0 Å². The number of nitriles is 1. The fourth-order valence-corrected chi connectivity index (χ4v) is 3.02. The van der Waals surface area contributed by atoms with Gasteiger partial charge in [-0.15, -0.1) is 0 Å². The first-order valence-corrected chi connectivity index (χ1v) is 8.22. The van der Waals surface area contributed by atoms with Gasteiger partial charge in [0.1, 0.15) is 11.6 Å². The third kappa shape index (κ3) is 3.41. The number of hydrogen-bond donors (Lipinski definition) is 1. The number of hydrogen-bond acceptors (Lipinski definition) is 2. The predicted octanol–water partition coefficient (Wildman–Crippen LogP) is 3.66. The first-order chi connectivity index (χ1) is 11.6. The SMILES string of the molecule is Cc1cc(/C=C(/C#N)C(=O)NCc2ccccc2)c(C)n1C1CC1. The van der Waals surface area contributed by atoms with Crippen LogP contribution in [0.5, 0.6) is 0 Å². The molecule has 1 aliphatic carbocycles. The molecule has 1 N–H and O–H groups in total. The second-order valence-corrected chi connectivity index (χ2v) is 6.27. The van der Waals surface area contributed by atoms with Gasteiger partial charge >= 0.3 is 0 Å². The molecule has 1 aliphatic rings. The van der Waals surface area contributed by atoms with Crippen LogP contribution < -0.4 is 5.32 Å². The summed E-state index contributed by atoms with van der Waals surface area (Å²) in [6.45, 7) is 4.54. The Morgan fingerprint density at radius 1 is 1.33 bits per heavy atom. The van der Waals surface area contributed by atoms with Gasteiger partial charge in [0.15, 0.2) is 0 Å². The summed E-state index contributed by atoms with van der Waals surface area (Å²) in [6, 6.07) is 14.3. The Balaban J connectivity index is 1.76. The second-order valence-electron chi connectivity index (χ2n) is 6.27. The lowest BCUT2D eigenvalue weighted by Crippen LogP contribution is -2.23. The van der Waals surface area contributed by atoms with Gasteiger partial charge in [0.05, 0.1) is 0 Å². The van der Waals surface area contributed by atoms with E-state index in [-0.39, 0.29) is 11.5 Å². The highest BCUT2D eigenvalue weighted by Crippen LogP contribution is 2.38. The molecular formula is C20H21N3O. The van der Waals surface area contributed by atoms with Crippen LogP contribution in [0.3, 0.4) is 0 Å². The average Bonchev–Trinajstić information content (AvgIpc) is 3.38. The molecule has 24 heavy (non-hydrogen) atoms. The molecule has 0 saturated heterocycles. The van der Waals surface area contributed by atoms with Gasteiger partial charge in [-0.05, 0) is 50.0 Å². The zero-order valence-electron chi connectivity index (χ0n) is 14.0. The van der Waals surface area contributed by atoms with Gasteiger partial charge in [-0.3, -0.25) is 4.79 Å². The van der Waals surface area contributed by atoms with Crippen LogP contribution in [0.1, 0.15) is 41.4 Å². The summed E-state index contributed by atoms with van der Waals surface area (Å²) >= 11 is 0. The van der Waals surface area contributed by atoms with Crippen molar-refractivity contribution in [1.82, 2.24) is 9.88 Å². The quantitative estimate of drug-likeness (QED) is 0.675. The summed E-state index contributed by atoms with van der Waals surface area (Å²) in [5.74, 6) is -0.336. The third-order valence-electron chi connectivity index (χ3n) is 4.40. The standard InChI is InChI=1S/C20H21N3O/c1-14-10-17(15(2)23(14)19-8-9-19)11-18(12-21)20(24)22-13-16-6-4-3-5-7-16/h3-7,10-11,19H,8-9,13H2,1-2H3,(H,22,24)/b18-11-. The molecule has 0 atom stereocenters. The van der Waals surface area contributed by atoms with E-state index in [1.54, 1.807) is 6.08 Å². The van der Waals surface area contributed by atoms with Crippen LogP contribution in [0.4, 0.5) is 0 Å². The summed E-state index contributed by atoms with van der Waals surface area (Å²) in [4.78, 5) is 12.3. The number of nitrogens with zero attached hydrogens (tertiary/aromatic N) is 2. The van der Waals surface area contributed by atoms with Gasteiger partial charge < -0.3 is 9.88 Å². The minimum atomic E-state index is -0.336. The molecule has 1 amide bonds. The molecule has 0 spiro atoms. The molecule has 1 aromatic carbocycles. The van der Waals surface area contributed by atoms with Crippen molar-refractivity contribution < 1.29 is 4.79 Å². The van der Waals surface area contributed by atoms with E-state index in [1.807, 2.05) is 43.3 Å². The summed E-state index contributed by atoms with van der Waals surface area (Å²) in [5, 5.41) is 12.2. The lowest BCUT2D eigenvalue weighted by Gasteiger charge is -2.07. The smallest absolute Gasteiger partial charge is 0.262 e. The van der Waals surface area contributed by atoms with Crippen molar-refractivity contribution in [2.45, 2.75) is 39.3 Å². The number of nitrogens with one attached hydrogen (secondary N) is 1. The number of rotatable bonds is 5. The van der Waals surface area contributed by atoms with E-state index in [4.69, 9.17) is 0 Å². The molecule has 4 heteroatoms. The van der Waals surface area contributed by atoms with Gasteiger partial charge in [-0.2, -0.15) is 5.26 Å². The normalized spacial score (nSPS) is 14.3. The summed E-state index contributed by atoms with van der Waals surface area (Å²) < 4.78 is 2.31. The van der Waals surface area contributed by atoms with Crippen molar-refractivity contribution in [3.8, 4) is 6.07 Å². The Bertz CT molecular complexity index is 821. The molecule has 0 unspecified atom stereocenters. The summed E-state index contributed by atoms with van der Waals surface area (Å²) in [7, 11) is 0. The molecule has 1 fully saturated rings. The zero-order valence-corrected chi connectivity index (χ0v) is 14.0. The molecule has 0 aliphatic heterocycles. The van der Waals surface area contributed by atoms with E-state index < -0.39 is 0 Å². The highest BCUT2D eigenvalue weighted by molar-refractivity contribution is 6.01. The van der Waals surface area contributed by atoms with Crippen molar-refractivity contribution >= 4 is 12.0 Å². The second kappa shape index (κ2) is 6.76. The maximum Gasteiger partial charge on any atom is 0.262 e. The van der Waals surface area contributed by atoms with E-state index in [9.17, 15) is 10.1 Å². The first kappa shape index (κ1) is 16.1. The van der Waals surface area contributed by atoms with Crippen LogP contribution in [0.2, 0.25) is 0 Å². The Morgan fingerprint density at radius 2 is 2.04 bits per heavy atom. The van der Waals surface area contributed by atoms with Crippen LogP contribution in [0.15, 0.2) is 42.0 Å². The summed E-state index contributed by atoms with van der Waals surface area (Å²) in [5.41, 5.74) is 4.41. The minimum absolute atomic E-state index is 0.141. The van der Waals surface area contributed by atoms with Gasteiger partial charge in [0, 0.05) is 24.0 Å². The molecule has 3 rings (SSSR count). The predicted molar refractivity (Wildman–Crippen MR) is 94.1 cm³/mol. The number of aryl methyl sites for hydroxylation is 1. The lowest BCUT2D eigenvalue weighted by atomic mass is 10.1. The molecule has 2 aromatic rings. The largest absolute Gasteiger partial charge is 0.347 e. The maximum atomic E-state index is 12.3. The highest BCUT2D eigenvalue weighted by Gasteiger charge is 2.26. The fourth-order valence-electron chi connectivity index (χ4n) is 3.02. The average molecular weight is 319 g/mol. The molecule has 1 heterocycles. The monoisotopic (exact) mass is 319 g/mol. The number of benzene rings is 1. The van der Waals surface area contributed by atoms with Gasteiger partial charge in [-0.25, -0.2) is 0 Å². The van der Waals surface area contributed by atoms with Gasteiger partial charge in [0.25, 0.3) is 5.91 Å². The van der Waals surface area contributed by atoms with Crippen molar-refractivity contribution in [1.29, 1.82) is 5.26 Å². The molecular weight excluding hydrogens is 298 g/mol. The van der Waals surface area contributed by atoms with Crippen LogP contribution in [-0.2, 0) is 11.3 Å². The van der Waals surface area contributed by atoms with Gasteiger partial charge in [-0.1, -0.05) is 30.3 Å². The Morgan fingerprint density at radius 3 is 2.67 bits per heavy atom. The first-order valence-electron chi connectivity index (χ1n) is 8.22. The molecule has 0 radical (unpaired) electrons. The molecule has 4 nitrogen and oxygen atoms in total. The van der Waals surface area contributed by atoms with E-state index in [0.29, 0.717) is 12.6 Å². The number of carbonyl (C=O) groups is 1. The maximum absolute atomic E-state index is 12.3. The Kier molecular flexibility index (Phi) is 4.52. The topological polar surface area (TPSA) is 57.8 Å². The highest BCUT2D eigenvalue weighted by atomic mass is 16.1. The van der Waals surface area contributed by atoms with E-state index in [2.05, 4.69) is 22.9 Å². The van der Waals surface area contributed by atoms with Crippen LogP contribution >= 0.6 is 0 Å². The lowest BCUT2D eigenvalue weighted by molar-refractivity contribution is -0.117. The van der Waals surface area contributed by atoms with E-state index in [0.717, 1.165) is 16.8 Å². The molecule has 122 valence electrons. The molecule has 1 saturated carbocycles. The Hall–Kier alpha value is -2.80. The number of amides is 1. The van der Waals surface area contributed by atoms with Gasteiger partial charge in [0.2, 0.25) is 0 Å². The molecule has 1 aromatic heterocycles. The minimum Gasteiger partial charge on any atom is -0.347 e. The van der Waals surface area contributed by atoms with Crippen LogP contribution in [0.25, 0.3) is 6.08 Å². The van der Waals surface area contributed by atoms with Crippen LogP contribution in [0, 0.1) is 25.2 Å². The van der Waals surface area contributed by atoms with E-state index >= 15 is 0 Å². The number of aromatic nitrogens is 1. The zero-order chi connectivity index (χ0) is 17.1. The van der Waals surface area contributed by atoms with E-state index in [1.165, 1.54) is 18.5 Å². The third-order valence-corrected chi connectivity index (χ3v) is 4.40. The molecule has 0 bridgehead atoms. The van der Waals surface area contributed by atoms with Crippen LogP contribution in [-0.4, -0.2) is 10.5 Å². The number of carbonyl (C=O) groups excluding carboxylic acids is 1. The fraction of sp³-hybridized carbons (Fsp3) is 0.300. The Labute approximate surface area is 142 Å².